The Morgan fingerprint density at radius 2 is 1.86 bits per heavy atom. The molecule has 0 aliphatic heterocycles. The molecule has 1 unspecified atom stereocenters. The zero-order chi connectivity index (χ0) is 10.6. The van der Waals surface area contributed by atoms with Gasteiger partial charge in [-0.25, -0.2) is 8.78 Å². The number of halogens is 2. The van der Waals surface area contributed by atoms with Crippen LogP contribution in [0, 0.1) is 11.6 Å². The highest BCUT2D eigenvalue weighted by Crippen LogP contribution is 2.55. The predicted octanol–water partition coefficient (Wildman–Crippen LogP) is 3.33. The average molecular weight is 195 g/mol. The number of aryl methyl sites for hydroxylation is 1. The monoisotopic (exact) mass is 195 g/mol. The largest absolute Gasteiger partial charge is 0.204 e. The molecule has 1 saturated carbocycles. The SMILES string of the molecule is [2H]C1CCC2(CC2)c2cc(F)c(F)cc21. The zero-order valence-corrected chi connectivity index (χ0v) is 7.82. The minimum atomic E-state index is -0.816. The Morgan fingerprint density at radius 3 is 2.57 bits per heavy atom. The van der Waals surface area contributed by atoms with Crippen LogP contribution in [0.5, 0.6) is 0 Å². The average Bonchev–Trinajstić information content (AvgIpc) is 2.97. The van der Waals surface area contributed by atoms with Crippen LogP contribution in [0.4, 0.5) is 8.78 Å². The fraction of sp³-hybridized carbons (Fsp3) is 0.500. The van der Waals surface area contributed by atoms with E-state index in [4.69, 9.17) is 1.37 Å². The Labute approximate surface area is 83.3 Å². The highest BCUT2D eigenvalue weighted by molar-refractivity contribution is 5.41. The Hall–Kier alpha value is -0.920. The summed E-state index contributed by atoms with van der Waals surface area (Å²) in [6.45, 7) is 0. The molecule has 2 aliphatic rings. The second-order valence-corrected chi connectivity index (χ2v) is 4.38. The lowest BCUT2D eigenvalue weighted by atomic mass is 9.80. The van der Waals surface area contributed by atoms with E-state index in [1.165, 1.54) is 12.1 Å². The van der Waals surface area contributed by atoms with Crippen molar-refractivity contribution in [3.63, 3.8) is 0 Å². The molecule has 1 aromatic rings. The normalized spacial score (nSPS) is 28.4. The minimum absolute atomic E-state index is 0.0986. The van der Waals surface area contributed by atoms with E-state index < -0.39 is 11.6 Å². The molecule has 0 heterocycles. The summed E-state index contributed by atoms with van der Waals surface area (Å²) in [6, 6.07) is 2.54. The number of benzene rings is 1. The molecule has 0 radical (unpaired) electrons. The second-order valence-electron chi connectivity index (χ2n) is 4.38. The Balaban J connectivity index is 2.20. The van der Waals surface area contributed by atoms with E-state index in [1.807, 2.05) is 0 Å². The fourth-order valence-corrected chi connectivity index (χ4v) is 2.50. The summed E-state index contributed by atoms with van der Waals surface area (Å²) in [5.41, 5.74) is 1.70. The van der Waals surface area contributed by atoms with Crippen molar-refractivity contribution in [1.82, 2.24) is 0 Å². The Morgan fingerprint density at radius 1 is 1.14 bits per heavy atom. The zero-order valence-electron chi connectivity index (χ0n) is 8.82. The van der Waals surface area contributed by atoms with Crippen LogP contribution >= 0.6 is 0 Å². The van der Waals surface area contributed by atoms with Gasteiger partial charge in [-0.1, -0.05) is 0 Å². The van der Waals surface area contributed by atoms with Gasteiger partial charge in [0.2, 0.25) is 0 Å². The van der Waals surface area contributed by atoms with Crippen molar-refractivity contribution >= 4 is 0 Å². The van der Waals surface area contributed by atoms with Gasteiger partial charge in [0.05, 0.1) is 0 Å². The predicted molar refractivity (Wildman–Crippen MR) is 50.2 cm³/mol. The summed E-state index contributed by atoms with van der Waals surface area (Å²) in [4.78, 5) is 0. The minimum Gasteiger partial charge on any atom is -0.204 e. The van der Waals surface area contributed by atoms with Crippen LogP contribution < -0.4 is 0 Å². The molecule has 0 saturated heterocycles. The van der Waals surface area contributed by atoms with Gasteiger partial charge in [-0.2, -0.15) is 0 Å². The lowest BCUT2D eigenvalue weighted by Crippen LogP contribution is -2.16. The molecule has 2 heteroatoms. The smallest absolute Gasteiger partial charge is 0.159 e. The molecule has 1 fully saturated rings. The molecule has 2 aliphatic carbocycles. The van der Waals surface area contributed by atoms with Crippen molar-refractivity contribution in [2.75, 3.05) is 0 Å². The Kier molecular flexibility index (Phi) is 1.35. The molecule has 0 aromatic heterocycles. The summed E-state index contributed by atoms with van der Waals surface area (Å²) in [7, 11) is 0. The van der Waals surface area contributed by atoms with Crippen LogP contribution in [0.15, 0.2) is 12.1 Å². The summed E-state index contributed by atoms with van der Waals surface area (Å²) in [6.07, 6.45) is 3.49. The molecule has 74 valence electrons. The lowest BCUT2D eigenvalue weighted by molar-refractivity contribution is 0.485. The van der Waals surface area contributed by atoms with Gasteiger partial charge in [0.25, 0.3) is 0 Å². The van der Waals surface area contributed by atoms with Gasteiger partial charge in [0.15, 0.2) is 11.6 Å². The third-order valence-corrected chi connectivity index (χ3v) is 3.50. The summed E-state index contributed by atoms with van der Waals surface area (Å²) >= 11 is 0. The van der Waals surface area contributed by atoms with Crippen LogP contribution in [0.25, 0.3) is 0 Å². The maximum Gasteiger partial charge on any atom is 0.159 e. The van der Waals surface area contributed by atoms with E-state index in [2.05, 4.69) is 0 Å². The molecule has 0 bridgehead atoms. The molecular weight excluding hydrogens is 182 g/mol. The van der Waals surface area contributed by atoms with Gasteiger partial charge in [0.1, 0.15) is 0 Å². The molecule has 1 atom stereocenters. The molecule has 1 spiro atoms. The van der Waals surface area contributed by atoms with Crippen molar-refractivity contribution in [3.8, 4) is 0 Å². The summed E-state index contributed by atoms with van der Waals surface area (Å²) in [5.74, 6) is -1.59. The third kappa shape index (κ3) is 1.03. The van der Waals surface area contributed by atoms with Gasteiger partial charge >= 0.3 is 0 Å². The third-order valence-electron chi connectivity index (χ3n) is 3.50. The van der Waals surface area contributed by atoms with E-state index in [1.54, 1.807) is 0 Å². The van der Waals surface area contributed by atoms with Crippen LogP contribution in [-0.2, 0) is 11.8 Å². The molecule has 0 N–H and O–H groups in total. The first-order chi connectivity index (χ1) is 7.12. The number of hydrogen-bond donors (Lipinski definition) is 0. The highest BCUT2D eigenvalue weighted by Gasteiger charge is 2.46. The topological polar surface area (TPSA) is 0 Å². The van der Waals surface area contributed by atoms with E-state index in [0.29, 0.717) is 5.56 Å². The van der Waals surface area contributed by atoms with Gasteiger partial charge < -0.3 is 0 Å². The second kappa shape index (κ2) is 2.56. The molecule has 0 amide bonds. The van der Waals surface area contributed by atoms with Crippen molar-refractivity contribution in [1.29, 1.82) is 0 Å². The van der Waals surface area contributed by atoms with E-state index in [-0.39, 0.29) is 11.8 Å². The molecule has 0 nitrogen and oxygen atoms in total. The molecule has 3 rings (SSSR count). The Bertz CT molecular complexity index is 424. The summed E-state index contributed by atoms with van der Waals surface area (Å²) in [5, 5.41) is 0. The summed E-state index contributed by atoms with van der Waals surface area (Å²) < 4.78 is 34.1. The number of rotatable bonds is 0. The molecule has 14 heavy (non-hydrogen) atoms. The standard InChI is InChI=1S/C12H12F2/c13-10-6-8-2-1-3-12(4-5-12)9(8)7-11(10)14/h6-7H,1-5H2/i2D. The molecule has 1 aromatic carbocycles. The van der Waals surface area contributed by atoms with Crippen LogP contribution in [0.2, 0.25) is 0 Å². The van der Waals surface area contributed by atoms with E-state index in [9.17, 15) is 8.78 Å². The van der Waals surface area contributed by atoms with E-state index >= 15 is 0 Å². The van der Waals surface area contributed by atoms with E-state index in [0.717, 1.165) is 31.2 Å². The maximum atomic E-state index is 13.2. The van der Waals surface area contributed by atoms with Crippen molar-refractivity contribution < 1.29 is 10.2 Å². The van der Waals surface area contributed by atoms with Crippen LogP contribution in [0.3, 0.4) is 0 Å². The van der Waals surface area contributed by atoms with Crippen molar-refractivity contribution in [3.05, 3.63) is 34.9 Å². The van der Waals surface area contributed by atoms with Gasteiger partial charge in [-0.3, -0.25) is 0 Å². The fourth-order valence-electron chi connectivity index (χ4n) is 2.50. The molecular formula is C12H12F2. The first-order valence-electron chi connectivity index (χ1n) is 5.62. The lowest BCUT2D eigenvalue weighted by Gasteiger charge is -2.25. The van der Waals surface area contributed by atoms with Gasteiger partial charge in [-0.15, -0.1) is 0 Å². The van der Waals surface area contributed by atoms with Gasteiger partial charge in [0, 0.05) is 1.37 Å². The first-order valence-corrected chi connectivity index (χ1v) is 5.04. The number of fused-ring (bicyclic) bond motifs is 2. The first kappa shape index (κ1) is 7.38. The van der Waals surface area contributed by atoms with Crippen molar-refractivity contribution in [2.45, 2.75) is 37.5 Å². The van der Waals surface area contributed by atoms with Crippen LogP contribution in [-0.4, -0.2) is 0 Å². The van der Waals surface area contributed by atoms with Gasteiger partial charge in [-0.05, 0) is 60.8 Å². The number of hydrogen-bond acceptors (Lipinski definition) is 0. The van der Waals surface area contributed by atoms with Crippen LogP contribution in [0.1, 0.15) is 38.2 Å². The quantitative estimate of drug-likeness (QED) is 0.595. The highest BCUT2D eigenvalue weighted by atomic mass is 19.2. The van der Waals surface area contributed by atoms with Crippen molar-refractivity contribution in [2.24, 2.45) is 0 Å². The maximum absolute atomic E-state index is 13.2.